The maximum atomic E-state index is 11.7. The summed E-state index contributed by atoms with van der Waals surface area (Å²) in [5.41, 5.74) is 0.252. The standard InChI is InChI=1S/C12H14N2O4/c1-8-6-9(14-18-8)12(15)13-7-11(16-2)10-4-3-5-17-10/h3-6,11H,7H2,1-2H3,(H,13,15). The van der Waals surface area contributed by atoms with E-state index in [1.54, 1.807) is 38.5 Å². The van der Waals surface area contributed by atoms with Crippen LogP contribution in [0.3, 0.4) is 0 Å². The molecule has 0 saturated carbocycles. The third kappa shape index (κ3) is 2.78. The predicted molar refractivity (Wildman–Crippen MR) is 62.0 cm³/mol. The average Bonchev–Trinajstić information content (AvgIpc) is 3.01. The highest BCUT2D eigenvalue weighted by atomic mass is 16.5. The maximum absolute atomic E-state index is 11.7. The number of amides is 1. The Morgan fingerprint density at radius 1 is 1.61 bits per heavy atom. The van der Waals surface area contributed by atoms with E-state index >= 15 is 0 Å². The fourth-order valence-electron chi connectivity index (χ4n) is 1.52. The molecule has 1 N–H and O–H groups in total. The van der Waals surface area contributed by atoms with Gasteiger partial charge in [0.1, 0.15) is 17.6 Å². The quantitative estimate of drug-likeness (QED) is 0.873. The van der Waals surface area contributed by atoms with Gasteiger partial charge in [-0.3, -0.25) is 4.79 Å². The zero-order chi connectivity index (χ0) is 13.0. The Labute approximate surface area is 104 Å². The summed E-state index contributed by atoms with van der Waals surface area (Å²) in [4.78, 5) is 11.7. The number of rotatable bonds is 5. The van der Waals surface area contributed by atoms with Gasteiger partial charge in [-0.1, -0.05) is 5.16 Å². The van der Waals surface area contributed by atoms with E-state index in [2.05, 4.69) is 10.5 Å². The van der Waals surface area contributed by atoms with Gasteiger partial charge in [0.05, 0.1) is 12.8 Å². The number of ether oxygens (including phenoxy) is 1. The Morgan fingerprint density at radius 2 is 2.44 bits per heavy atom. The second kappa shape index (κ2) is 5.50. The molecule has 6 heteroatoms. The molecule has 0 aromatic carbocycles. The van der Waals surface area contributed by atoms with Crippen molar-refractivity contribution in [3.8, 4) is 0 Å². The van der Waals surface area contributed by atoms with E-state index < -0.39 is 0 Å². The molecule has 96 valence electrons. The number of hydrogen-bond acceptors (Lipinski definition) is 5. The lowest BCUT2D eigenvalue weighted by molar-refractivity contribution is 0.0734. The van der Waals surface area contributed by atoms with Gasteiger partial charge in [-0.05, 0) is 19.1 Å². The first-order valence-electron chi connectivity index (χ1n) is 5.48. The number of methoxy groups -OCH3 is 1. The minimum absolute atomic E-state index is 0.252. The van der Waals surface area contributed by atoms with Crippen LogP contribution in [0.2, 0.25) is 0 Å². The molecule has 0 spiro atoms. The highest BCUT2D eigenvalue weighted by Gasteiger charge is 2.16. The van der Waals surface area contributed by atoms with Gasteiger partial charge in [0.25, 0.3) is 5.91 Å². The van der Waals surface area contributed by atoms with E-state index in [0.717, 1.165) is 0 Å². The van der Waals surface area contributed by atoms with Gasteiger partial charge in [0, 0.05) is 13.2 Å². The van der Waals surface area contributed by atoms with Gasteiger partial charge in [0.2, 0.25) is 0 Å². The summed E-state index contributed by atoms with van der Waals surface area (Å²) in [6.45, 7) is 2.03. The van der Waals surface area contributed by atoms with Gasteiger partial charge in [0.15, 0.2) is 5.69 Å². The van der Waals surface area contributed by atoms with Gasteiger partial charge < -0.3 is 19.0 Å². The van der Waals surface area contributed by atoms with Gasteiger partial charge in [-0.25, -0.2) is 0 Å². The molecule has 0 radical (unpaired) electrons. The normalized spacial score (nSPS) is 12.3. The minimum Gasteiger partial charge on any atom is -0.467 e. The molecule has 18 heavy (non-hydrogen) atoms. The van der Waals surface area contributed by atoms with Crippen LogP contribution < -0.4 is 5.32 Å². The van der Waals surface area contributed by atoms with Crippen LogP contribution in [0.4, 0.5) is 0 Å². The molecular weight excluding hydrogens is 236 g/mol. The van der Waals surface area contributed by atoms with Crippen LogP contribution in [-0.4, -0.2) is 24.7 Å². The first kappa shape index (κ1) is 12.4. The number of furan rings is 1. The van der Waals surface area contributed by atoms with Crippen LogP contribution in [0.15, 0.2) is 33.4 Å². The Kier molecular flexibility index (Phi) is 3.78. The molecule has 0 aliphatic carbocycles. The Morgan fingerprint density at radius 3 is 3.00 bits per heavy atom. The van der Waals surface area contributed by atoms with Crippen molar-refractivity contribution in [2.45, 2.75) is 13.0 Å². The summed E-state index contributed by atoms with van der Waals surface area (Å²) < 4.78 is 15.3. The van der Waals surface area contributed by atoms with Crippen molar-refractivity contribution in [2.24, 2.45) is 0 Å². The molecule has 2 heterocycles. The van der Waals surface area contributed by atoms with Gasteiger partial charge in [-0.15, -0.1) is 0 Å². The number of hydrogen-bond donors (Lipinski definition) is 1. The van der Waals surface area contributed by atoms with Gasteiger partial charge >= 0.3 is 0 Å². The van der Waals surface area contributed by atoms with Crippen LogP contribution >= 0.6 is 0 Å². The number of aryl methyl sites for hydroxylation is 1. The van der Waals surface area contributed by atoms with Crippen LogP contribution in [0.5, 0.6) is 0 Å². The molecule has 0 aliphatic heterocycles. The molecule has 6 nitrogen and oxygen atoms in total. The third-order valence-electron chi connectivity index (χ3n) is 2.45. The first-order chi connectivity index (χ1) is 8.70. The highest BCUT2D eigenvalue weighted by Crippen LogP contribution is 2.15. The molecule has 0 fully saturated rings. The van der Waals surface area contributed by atoms with Gasteiger partial charge in [-0.2, -0.15) is 0 Å². The second-order valence-electron chi connectivity index (χ2n) is 3.77. The maximum Gasteiger partial charge on any atom is 0.273 e. The summed E-state index contributed by atoms with van der Waals surface area (Å²) in [6, 6.07) is 5.13. The number of carbonyl (C=O) groups excluding carboxylic acids is 1. The molecule has 1 unspecified atom stereocenters. The van der Waals surface area contributed by atoms with E-state index in [-0.39, 0.29) is 17.7 Å². The number of aromatic nitrogens is 1. The van der Waals surface area contributed by atoms with Crippen LogP contribution in [-0.2, 0) is 4.74 Å². The topological polar surface area (TPSA) is 77.5 Å². The van der Waals surface area contributed by atoms with E-state index in [1.807, 2.05) is 0 Å². The third-order valence-corrected chi connectivity index (χ3v) is 2.45. The van der Waals surface area contributed by atoms with Crippen molar-refractivity contribution in [1.29, 1.82) is 0 Å². The van der Waals surface area contributed by atoms with E-state index in [9.17, 15) is 4.79 Å². The lowest BCUT2D eigenvalue weighted by Crippen LogP contribution is -2.29. The molecule has 0 aliphatic rings. The SMILES string of the molecule is COC(CNC(=O)c1cc(C)on1)c1ccco1. The van der Waals surface area contributed by atoms with E-state index in [0.29, 0.717) is 18.1 Å². The summed E-state index contributed by atoms with van der Waals surface area (Å²) in [7, 11) is 1.56. The van der Waals surface area contributed by atoms with Crippen molar-refractivity contribution in [3.05, 3.63) is 41.7 Å². The predicted octanol–water partition coefficient (Wildman–Crippen LogP) is 1.69. The molecule has 2 aromatic rings. The summed E-state index contributed by atoms with van der Waals surface area (Å²) in [5.74, 6) is 0.948. The molecular formula is C12H14N2O4. The fraction of sp³-hybridized carbons (Fsp3) is 0.333. The van der Waals surface area contributed by atoms with E-state index in [4.69, 9.17) is 13.7 Å². The monoisotopic (exact) mass is 250 g/mol. The Bertz CT molecular complexity index is 504. The fourth-order valence-corrected chi connectivity index (χ4v) is 1.52. The van der Waals surface area contributed by atoms with E-state index in [1.165, 1.54) is 0 Å². The zero-order valence-electron chi connectivity index (χ0n) is 10.2. The average molecular weight is 250 g/mol. The van der Waals surface area contributed by atoms with Crippen LogP contribution in [0.25, 0.3) is 0 Å². The summed E-state index contributed by atoms with van der Waals surface area (Å²) in [5, 5.41) is 6.34. The first-order valence-corrected chi connectivity index (χ1v) is 5.48. The molecule has 0 saturated heterocycles. The molecule has 2 aromatic heterocycles. The number of nitrogens with zero attached hydrogens (tertiary/aromatic N) is 1. The molecule has 1 amide bonds. The van der Waals surface area contributed by atoms with Crippen molar-refractivity contribution >= 4 is 5.91 Å². The number of carbonyl (C=O) groups is 1. The van der Waals surface area contributed by atoms with Crippen LogP contribution in [0, 0.1) is 6.92 Å². The summed E-state index contributed by atoms with van der Waals surface area (Å²) in [6.07, 6.45) is 1.24. The smallest absolute Gasteiger partial charge is 0.273 e. The van der Waals surface area contributed by atoms with Crippen molar-refractivity contribution in [3.63, 3.8) is 0 Å². The molecule has 0 bridgehead atoms. The minimum atomic E-state index is -0.322. The van der Waals surface area contributed by atoms with Crippen molar-refractivity contribution < 1.29 is 18.5 Å². The number of nitrogens with one attached hydrogen (secondary N) is 1. The highest BCUT2D eigenvalue weighted by molar-refractivity contribution is 5.92. The summed E-state index contributed by atoms with van der Waals surface area (Å²) >= 11 is 0. The molecule has 2 rings (SSSR count). The Hall–Kier alpha value is -2.08. The lowest BCUT2D eigenvalue weighted by Gasteiger charge is -2.12. The molecule has 1 atom stereocenters. The van der Waals surface area contributed by atoms with Crippen molar-refractivity contribution in [2.75, 3.05) is 13.7 Å². The lowest BCUT2D eigenvalue weighted by atomic mass is 10.2. The van der Waals surface area contributed by atoms with Crippen LogP contribution in [0.1, 0.15) is 28.1 Å². The Balaban J connectivity index is 1.92. The zero-order valence-corrected chi connectivity index (χ0v) is 10.2. The second-order valence-corrected chi connectivity index (χ2v) is 3.77. The van der Waals surface area contributed by atoms with Crippen molar-refractivity contribution in [1.82, 2.24) is 10.5 Å². The largest absolute Gasteiger partial charge is 0.467 e.